The van der Waals surface area contributed by atoms with Crippen LogP contribution in [0.25, 0.3) is 0 Å². The van der Waals surface area contributed by atoms with Gasteiger partial charge in [-0.25, -0.2) is 9.97 Å². The van der Waals surface area contributed by atoms with Crippen molar-refractivity contribution in [2.24, 2.45) is 5.92 Å². The van der Waals surface area contributed by atoms with Crippen LogP contribution in [0.4, 0.5) is 0 Å². The molecule has 1 aliphatic heterocycles. The van der Waals surface area contributed by atoms with Gasteiger partial charge in [-0.3, -0.25) is 0 Å². The van der Waals surface area contributed by atoms with Gasteiger partial charge in [0, 0.05) is 11.6 Å². The molecule has 1 saturated heterocycles. The van der Waals surface area contributed by atoms with E-state index >= 15 is 0 Å². The van der Waals surface area contributed by atoms with Gasteiger partial charge in [0.1, 0.15) is 6.07 Å². The van der Waals surface area contributed by atoms with Gasteiger partial charge in [0.25, 0.3) is 0 Å². The molecule has 0 aromatic carbocycles. The highest BCUT2D eigenvalue weighted by Crippen LogP contribution is 2.55. The zero-order valence-corrected chi connectivity index (χ0v) is 9.82. The van der Waals surface area contributed by atoms with Crippen LogP contribution >= 0.6 is 0 Å². The van der Waals surface area contributed by atoms with Gasteiger partial charge < -0.3 is 5.32 Å². The molecule has 1 aromatic heterocycles. The number of nitrogens with one attached hydrogen (secondary N) is 1. The lowest BCUT2D eigenvalue weighted by Gasteiger charge is -2.30. The fraction of sp³-hybridized carbons (Fsp3) is 0.615. The summed E-state index contributed by atoms with van der Waals surface area (Å²) in [5.41, 5.74) is 1.35. The van der Waals surface area contributed by atoms with Gasteiger partial charge in [0.05, 0.1) is 5.69 Å². The second kappa shape index (κ2) is 4.08. The molecule has 88 valence electrons. The van der Waals surface area contributed by atoms with Crippen LogP contribution in [0.3, 0.4) is 0 Å². The average molecular weight is 228 g/mol. The number of rotatable bonds is 2. The van der Waals surface area contributed by atoms with E-state index in [-0.39, 0.29) is 5.41 Å². The topological polar surface area (TPSA) is 61.6 Å². The molecule has 1 saturated carbocycles. The molecule has 1 N–H and O–H groups in total. The first-order valence-electron chi connectivity index (χ1n) is 6.29. The molecule has 0 spiro atoms. The van der Waals surface area contributed by atoms with Crippen molar-refractivity contribution >= 4 is 0 Å². The summed E-state index contributed by atoms with van der Waals surface area (Å²) >= 11 is 0. The summed E-state index contributed by atoms with van der Waals surface area (Å²) in [5.74, 6) is 1.04. The van der Waals surface area contributed by atoms with Crippen LogP contribution in [0.5, 0.6) is 0 Å². The zero-order chi connectivity index (χ0) is 11.7. The monoisotopic (exact) mass is 228 g/mol. The second-order valence-corrected chi connectivity index (χ2v) is 5.06. The molecule has 1 aromatic rings. The van der Waals surface area contributed by atoms with E-state index in [0.717, 1.165) is 24.7 Å². The van der Waals surface area contributed by atoms with Crippen molar-refractivity contribution in [1.29, 1.82) is 5.26 Å². The summed E-state index contributed by atoms with van der Waals surface area (Å²) in [6, 6.07) is 4.03. The third-order valence-corrected chi connectivity index (χ3v) is 4.18. The van der Waals surface area contributed by atoms with Crippen LogP contribution in [-0.4, -0.2) is 23.1 Å². The van der Waals surface area contributed by atoms with E-state index < -0.39 is 0 Å². The number of hydrogen-bond acceptors (Lipinski definition) is 4. The minimum Gasteiger partial charge on any atom is -0.317 e. The number of nitriles is 1. The van der Waals surface area contributed by atoms with Crippen molar-refractivity contribution in [2.45, 2.75) is 31.1 Å². The summed E-state index contributed by atoms with van der Waals surface area (Å²) in [6.45, 7) is 2.23. The molecule has 2 fully saturated rings. The maximum absolute atomic E-state index is 8.87. The highest BCUT2D eigenvalue weighted by atomic mass is 14.9. The van der Waals surface area contributed by atoms with Crippen LogP contribution < -0.4 is 5.32 Å². The minimum atomic E-state index is 0.261. The fourth-order valence-corrected chi connectivity index (χ4v) is 3.07. The highest BCUT2D eigenvalue weighted by molar-refractivity contribution is 5.28. The molecule has 0 atom stereocenters. The Morgan fingerprint density at radius 1 is 1.35 bits per heavy atom. The van der Waals surface area contributed by atoms with Gasteiger partial charge in [-0.2, -0.15) is 5.26 Å². The Balaban J connectivity index is 1.89. The average Bonchev–Trinajstić information content (AvgIpc) is 3.21. The van der Waals surface area contributed by atoms with Crippen LogP contribution in [0, 0.1) is 17.2 Å². The standard InChI is InChI=1S/C13H16N4/c14-9-12-16-8-3-11(17-12)13(4-5-13)10-1-6-15-7-2-10/h3,8,10,15H,1-2,4-7H2. The molecular formula is C13H16N4. The number of aromatic nitrogens is 2. The minimum absolute atomic E-state index is 0.261. The summed E-state index contributed by atoms with van der Waals surface area (Å²) in [7, 11) is 0. The lowest BCUT2D eigenvalue weighted by Crippen LogP contribution is -2.34. The van der Waals surface area contributed by atoms with Crippen LogP contribution in [-0.2, 0) is 5.41 Å². The van der Waals surface area contributed by atoms with Crippen molar-refractivity contribution in [1.82, 2.24) is 15.3 Å². The van der Waals surface area contributed by atoms with Crippen molar-refractivity contribution in [3.63, 3.8) is 0 Å². The highest BCUT2D eigenvalue weighted by Gasteiger charge is 2.51. The van der Waals surface area contributed by atoms with Crippen molar-refractivity contribution in [2.75, 3.05) is 13.1 Å². The third kappa shape index (κ3) is 1.81. The van der Waals surface area contributed by atoms with E-state index in [1.165, 1.54) is 25.7 Å². The first-order chi connectivity index (χ1) is 8.35. The number of piperidine rings is 1. The molecule has 0 amide bonds. The SMILES string of the molecule is N#Cc1nccc(C2(C3CCNCC3)CC2)n1. The molecule has 3 rings (SSSR count). The molecule has 2 aliphatic rings. The van der Waals surface area contributed by atoms with Gasteiger partial charge in [-0.05, 0) is 50.8 Å². The summed E-state index contributed by atoms with van der Waals surface area (Å²) in [5, 5.41) is 12.3. The van der Waals surface area contributed by atoms with E-state index in [2.05, 4.69) is 15.3 Å². The molecule has 17 heavy (non-hydrogen) atoms. The smallest absolute Gasteiger partial charge is 0.232 e. The predicted molar refractivity (Wildman–Crippen MR) is 63.3 cm³/mol. The first-order valence-corrected chi connectivity index (χ1v) is 6.29. The predicted octanol–water partition coefficient (Wildman–Crippen LogP) is 1.38. The summed E-state index contributed by atoms with van der Waals surface area (Å²) in [6.07, 6.45) is 6.62. The molecular weight excluding hydrogens is 212 g/mol. The van der Waals surface area contributed by atoms with Gasteiger partial charge in [-0.1, -0.05) is 0 Å². The lowest BCUT2D eigenvalue weighted by atomic mass is 9.80. The molecule has 2 heterocycles. The Labute approximate surface area is 101 Å². The summed E-state index contributed by atoms with van der Waals surface area (Å²) < 4.78 is 0. The Morgan fingerprint density at radius 3 is 2.76 bits per heavy atom. The Kier molecular flexibility index (Phi) is 2.56. The maximum Gasteiger partial charge on any atom is 0.232 e. The van der Waals surface area contributed by atoms with Crippen molar-refractivity contribution in [3.05, 3.63) is 23.8 Å². The second-order valence-electron chi connectivity index (χ2n) is 5.06. The van der Waals surface area contributed by atoms with Crippen molar-refractivity contribution in [3.8, 4) is 6.07 Å². The maximum atomic E-state index is 8.87. The number of hydrogen-bond donors (Lipinski definition) is 1. The van der Waals surface area contributed by atoms with Crippen molar-refractivity contribution < 1.29 is 0 Å². The van der Waals surface area contributed by atoms with E-state index in [1.807, 2.05) is 12.1 Å². The van der Waals surface area contributed by atoms with E-state index in [0.29, 0.717) is 5.82 Å². The Morgan fingerprint density at radius 2 is 2.12 bits per heavy atom. The Hall–Kier alpha value is -1.47. The molecule has 1 aliphatic carbocycles. The van der Waals surface area contributed by atoms with Gasteiger partial charge in [0.15, 0.2) is 0 Å². The van der Waals surface area contributed by atoms with Gasteiger partial charge >= 0.3 is 0 Å². The van der Waals surface area contributed by atoms with Crippen LogP contribution in [0.15, 0.2) is 12.3 Å². The van der Waals surface area contributed by atoms with Gasteiger partial charge in [0.2, 0.25) is 5.82 Å². The fourth-order valence-electron chi connectivity index (χ4n) is 3.07. The normalized spacial score (nSPS) is 23.0. The molecule has 0 bridgehead atoms. The van der Waals surface area contributed by atoms with Gasteiger partial charge in [-0.15, -0.1) is 0 Å². The van der Waals surface area contributed by atoms with E-state index in [1.54, 1.807) is 6.20 Å². The van der Waals surface area contributed by atoms with Crippen LogP contribution in [0.2, 0.25) is 0 Å². The van der Waals surface area contributed by atoms with E-state index in [4.69, 9.17) is 5.26 Å². The Bertz CT molecular complexity index is 453. The molecule has 4 heteroatoms. The summed E-state index contributed by atoms with van der Waals surface area (Å²) in [4.78, 5) is 8.37. The largest absolute Gasteiger partial charge is 0.317 e. The molecule has 4 nitrogen and oxygen atoms in total. The van der Waals surface area contributed by atoms with E-state index in [9.17, 15) is 0 Å². The molecule has 0 radical (unpaired) electrons. The van der Waals surface area contributed by atoms with Crippen LogP contribution in [0.1, 0.15) is 37.2 Å². The molecule has 0 unspecified atom stereocenters. The lowest BCUT2D eigenvalue weighted by molar-refractivity contribution is 0.298. The first kappa shape index (κ1) is 10.7. The third-order valence-electron chi connectivity index (χ3n) is 4.18. The quantitative estimate of drug-likeness (QED) is 0.830. The number of nitrogens with zero attached hydrogens (tertiary/aromatic N) is 3. The zero-order valence-electron chi connectivity index (χ0n) is 9.82.